The van der Waals surface area contributed by atoms with Crippen LogP contribution in [0.3, 0.4) is 0 Å². The van der Waals surface area contributed by atoms with E-state index in [0.29, 0.717) is 5.52 Å². The number of para-hydroxylation sites is 1. The van der Waals surface area contributed by atoms with Crippen LogP contribution in [0.4, 0.5) is 13.2 Å². The standard InChI is InChI=1S/C31H25F3N3O5.Ce/c1-15-14-37(21-11-22(38)28-30(27(15)21,13-26(39)40)12-25(36-28)31(32,33)34)29(41)20-9-18-8-17(6-7-19(18)35-20)24-10-16-4-2-3-5-23(16)42-24;/h2-9,11-12,15,24,28,35-36,38H,1,10,13-14H2,(H,39,40);/q-1;. The van der Waals surface area contributed by atoms with Gasteiger partial charge in [0.1, 0.15) is 29.0 Å². The number of H-pyrrole nitrogens is 1. The van der Waals surface area contributed by atoms with Crippen molar-refractivity contribution in [3.05, 3.63) is 107 Å². The van der Waals surface area contributed by atoms with Crippen LogP contribution in [0.5, 0.6) is 5.75 Å². The number of amides is 1. The van der Waals surface area contributed by atoms with Crippen LogP contribution in [0, 0.1) is 60.0 Å². The van der Waals surface area contributed by atoms with Crippen molar-refractivity contribution in [1.82, 2.24) is 15.2 Å². The van der Waals surface area contributed by atoms with E-state index < -0.39 is 53.3 Å². The molecule has 0 saturated heterocycles. The maximum atomic E-state index is 13.8. The number of carboxylic acids is 1. The van der Waals surface area contributed by atoms with Gasteiger partial charge in [-0.25, -0.2) is 0 Å². The van der Waals surface area contributed by atoms with Crippen LogP contribution >= 0.6 is 0 Å². The van der Waals surface area contributed by atoms with Gasteiger partial charge in [-0.15, -0.1) is 5.92 Å². The molecule has 3 aromatic rings. The number of nitrogens with zero attached hydrogens (tertiary/aromatic N) is 1. The first kappa shape index (κ1) is 29.8. The molecular weight excluding hydrogens is 691 g/mol. The fourth-order valence-corrected chi connectivity index (χ4v) is 6.83. The number of aliphatic hydroxyl groups excluding tert-OH is 1. The molecule has 3 aliphatic heterocycles. The Balaban J connectivity index is 0.00000329. The molecule has 4 aliphatic rings. The number of carbonyl (C=O) groups is 2. The van der Waals surface area contributed by atoms with Gasteiger partial charge in [-0.2, -0.15) is 13.2 Å². The van der Waals surface area contributed by atoms with Crippen molar-refractivity contribution in [3.8, 4) is 5.75 Å². The molecule has 12 heteroatoms. The summed E-state index contributed by atoms with van der Waals surface area (Å²) in [6.45, 7) is 4.08. The van der Waals surface area contributed by atoms with Crippen molar-refractivity contribution >= 4 is 22.8 Å². The molecule has 4 N–H and O–H groups in total. The van der Waals surface area contributed by atoms with E-state index in [-0.39, 0.29) is 71.4 Å². The van der Waals surface area contributed by atoms with E-state index in [4.69, 9.17) is 4.74 Å². The normalized spacial score (nSPS) is 25.7. The number of halogens is 3. The number of carbonyl (C=O) groups excluding carboxylic acids is 1. The first-order valence-corrected chi connectivity index (χ1v) is 13.4. The predicted octanol–water partition coefficient (Wildman–Crippen LogP) is 5.34. The van der Waals surface area contributed by atoms with Gasteiger partial charge >= 0.3 is 12.1 Å². The summed E-state index contributed by atoms with van der Waals surface area (Å²) in [7, 11) is 0. The minimum absolute atomic E-state index is 0. The number of aromatic nitrogens is 1. The quantitative estimate of drug-likeness (QED) is 0.272. The summed E-state index contributed by atoms with van der Waals surface area (Å²) in [5, 5.41) is 23.6. The summed E-state index contributed by atoms with van der Waals surface area (Å²) < 4.78 is 47.2. The molecule has 7 rings (SSSR count). The van der Waals surface area contributed by atoms with Crippen LogP contribution in [0.15, 0.2) is 83.4 Å². The SMILES string of the molecule is [CH2-]C1CN(C(=O)c2cc3cc(C4Cc5ccccc5O4)ccc3[nH]2)C2=C1C1(CC(=O)O)C=C(C(F)(F)F)NC1C(O)=C2.[Ce]. The van der Waals surface area contributed by atoms with Crippen LogP contribution in [0.1, 0.15) is 34.1 Å². The largest absolute Gasteiger partial charge is 0.510 e. The van der Waals surface area contributed by atoms with E-state index in [1.807, 2.05) is 42.5 Å². The Kier molecular flexibility index (Phi) is 7.21. The van der Waals surface area contributed by atoms with Crippen LogP contribution in [-0.4, -0.2) is 50.7 Å². The third-order valence-electron chi connectivity index (χ3n) is 8.57. The Labute approximate surface area is 277 Å². The molecule has 220 valence electrons. The number of aliphatic hydroxyl groups is 1. The third kappa shape index (κ3) is 4.76. The Bertz CT molecular complexity index is 1750. The number of aromatic amines is 1. The van der Waals surface area contributed by atoms with Gasteiger partial charge in [0.05, 0.1) is 12.5 Å². The van der Waals surface area contributed by atoms with Gasteiger partial charge in [-0.05, 0) is 41.5 Å². The molecule has 1 aromatic heterocycles. The smallest absolute Gasteiger partial charge is 0.430 e. The van der Waals surface area contributed by atoms with Crippen LogP contribution in [0.25, 0.3) is 10.9 Å². The number of hydrogen-bond donors (Lipinski definition) is 4. The number of aliphatic carboxylic acids is 1. The van der Waals surface area contributed by atoms with Crippen LogP contribution < -0.4 is 10.1 Å². The summed E-state index contributed by atoms with van der Waals surface area (Å²) in [5.41, 5.74) is 0.549. The molecule has 0 spiro atoms. The second kappa shape index (κ2) is 10.4. The number of carboxylic acid groups (broad SMARTS) is 1. The number of alkyl halides is 3. The average Bonchev–Trinajstić information content (AvgIpc) is 3.69. The minimum atomic E-state index is -4.79. The molecule has 8 nitrogen and oxygen atoms in total. The summed E-state index contributed by atoms with van der Waals surface area (Å²) >= 11 is 0. The molecule has 1 amide bonds. The Hall–Kier alpha value is -3.29. The molecule has 4 atom stereocenters. The van der Waals surface area contributed by atoms with E-state index in [2.05, 4.69) is 17.2 Å². The number of hydrogen-bond acceptors (Lipinski definition) is 5. The average molecular weight is 717 g/mol. The molecule has 4 heterocycles. The number of rotatable bonds is 4. The molecule has 0 radical (unpaired) electrons. The summed E-state index contributed by atoms with van der Waals surface area (Å²) in [5.74, 6) is -2.18. The zero-order chi connectivity index (χ0) is 29.6. The minimum Gasteiger partial charge on any atom is -0.510 e. The number of allylic oxidation sites excluding steroid dienone is 2. The fourth-order valence-electron chi connectivity index (χ4n) is 6.83. The second-order valence-corrected chi connectivity index (χ2v) is 11.2. The molecule has 0 bridgehead atoms. The molecular formula is C31H25CeF3N3O5-. The van der Waals surface area contributed by atoms with Crippen molar-refractivity contribution in [2.75, 3.05) is 6.54 Å². The van der Waals surface area contributed by atoms with E-state index >= 15 is 0 Å². The molecule has 0 fully saturated rings. The van der Waals surface area contributed by atoms with Gasteiger partial charge in [0.25, 0.3) is 5.91 Å². The Morgan fingerprint density at radius 2 is 1.93 bits per heavy atom. The van der Waals surface area contributed by atoms with E-state index in [1.165, 1.54) is 11.0 Å². The van der Waals surface area contributed by atoms with Crippen LogP contribution in [0.2, 0.25) is 0 Å². The topological polar surface area (TPSA) is 115 Å². The van der Waals surface area contributed by atoms with Gasteiger partial charge in [0.15, 0.2) is 0 Å². The number of nitrogens with one attached hydrogen (secondary N) is 2. The van der Waals surface area contributed by atoms with Crippen molar-refractivity contribution in [3.63, 3.8) is 0 Å². The first-order valence-electron chi connectivity index (χ1n) is 13.4. The predicted molar refractivity (Wildman–Crippen MR) is 145 cm³/mol. The maximum Gasteiger partial charge on any atom is 0.430 e. The van der Waals surface area contributed by atoms with Crippen molar-refractivity contribution in [2.24, 2.45) is 11.3 Å². The second-order valence-electron chi connectivity index (χ2n) is 11.2. The van der Waals surface area contributed by atoms with Gasteiger partial charge in [-0.3, -0.25) is 9.59 Å². The summed E-state index contributed by atoms with van der Waals surface area (Å²) in [6.07, 6.45) is -2.89. The zero-order valence-corrected chi connectivity index (χ0v) is 25.7. The van der Waals surface area contributed by atoms with E-state index in [9.17, 15) is 33.0 Å². The Morgan fingerprint density at radius 1 is 1.16 bits per heavy atom. The number of fused-ring (bicyclic) bond motifs is 4. The van der Waals surface area contributed by atoms with Crippen molar-refractivity contribution < 1.29 is 79.5 Å². The maximum absolute atomic E-state index is 13.8. The molecule has 0 saturated carbocycles. The van der Waals surface area contributed by atoms with Gasteiger partial charge in [0.2, 0.25) is 0 Å². The van der Waals surface area contributed by atoms with Crippen LogP contribution in [-0.2, 0) is 11.2 Å². The van der Waals surface area contributed by atoms with Gasteiger partial charge in [0, 0.05) is 82.8 Å². The number of benzene rings is 2. The van der Waals surface area contributed by atoms with Gasteiger partial charge in [-0.1, -0.05) is 29.8 Å². The molecule has 1 aliphatic carbocycles. The third-order valence-corrected chi connectivity index (χ3v) is 8.57. The fraction of sp³-hybridized carbons (Fsp3) is 0.258. The van der Waals surface area contributed by atoms with E-state index in [0.717, 1.165) is 34.8 Å². The zero-order valence-electron chi connectivity index (χ0n) is 22.5. The first-order chi connectivity index (χ1) is 19.9. The Morgan fingerprint density at radius 3 is 2.65 bits per heavy atom. The number of ether oxygens (including phenoxy) is 1. The van der Waals surface area contributed by atoms with Crippen molar-refractivity contribution in [1.29, 1.82) is 0 Å². The molecule has 4 unspecified atom stereocenters. The summed E-state index contributed by atoms with van der Waals surface area (Å²) in [4.78, 5) is 30.2. The van der Waals surface area contributed by atoms with Crippen molar-refractivity contribution in [2.45, 2.75) is 31.2 Å². The molecule has 43 heavy (non-hydrogen) atoms. The molecule has 2 aromatic carbocycles. The van der Waals surface area contributed by atoms with E-state index in [1.54, 1.807) is 6.07 Å². The monoisotopic (exact) mass is 716 g/mol. The van der Waals surface area contributed by atoms with Gasteiger partial charge < -0.3 is 37.1 Å². The summed E-state index contributed by atoms with van der Waals surface area (Å²) in [6, 6.07) is 13.9.